The molecule has 0 bridgehead atoms. The van der Waals surface area contributed by atoms with Gasteiger partial charge in [-0.15, -0.1) is 0 Å². The molecule has 1 aromatic carbocycles. The van der Waals surface area contributed by atoms with E-state index in [0.29, 0.717) is 42.9 Å². The largest absolute Gasteiger partial charge is 0.492 e. The third-order valence-electron chi connectivity index (χ3n) is 6.17. The van der Waals surface area contributed by atoms with Gasteiger partial charge in [0.1, 0.15) is 5.75 Å². The summed E-state index contributed by atoms with van der Waals surface area (Å²) in [6.07, 6.45) is 0.481. The fourth-order valence-electron chi connectivity index (χ4n) is 4.80. The van der Waals surface area contributed by atoms with Crippen LogP contribution in [-0.2, 0) is 9.47 Å². The molecule has 0 spiro atoms. The van der Waals surface area contributed by atoms with Crippen molar-refractivity contribution in [2.75, 3.05) is 33.5 Å². The molecule has 4 rings (SSSR count). The van der Waals surface area contributed by atoms with Crippen LogP contribution >= 0.6 is 11.6 Å². The topological polar surface area (TPSA) is 90.2 Å². The fourth-order valence-corrected chi connectivity index (χ4v) is 5.02. The number of rotatable bonds is 6. The molecule has 2 aliphatic rings. The summed E-state index contributed by atoms with van der Waals surface area (Å²) < 4.78 is 18.9. The zero-order valence-corrected chi connectivity index (χ0v) is 18.7. The van der Waals surface area contributed by atoms with Crippen LogP contribution in [0.15, 0.2) is 29.2 Å². The number of halogens is 1. The lowest BCUT2D eigenvalue weighted by Crippen LogP contribution is -2.45. The monoisotopic (exact) mass is 449 g/mol. The summed E-state index contributed by atoms with van der Waals surface area (Å²) in [5.74, 6) is 0.591. The molecule has 1 saturated heterocycles. The molecule has 0 aliphatic carbocycles. The molecule has 2 N–H and O–H groups in total. The third kappa shape index (κ3) is 4.01. The van der Waals surface area contributed by atoms with Gasteiger partial charge in [0.05, 0.1) is 42.1 Å². The summed E-state index contributed by atoms with van der Waals surface area (Å²) in [5, 5.41) is 19.9. The van der Waals surface area contributed by atoms with E-state index in [-0.39, 0.29) is 22.9 Å². The Labute approximate surface area is 186 Å². The second kappa shape index (κ2) is 8.56. The van der Waals surface area contributed by atoms with Crippen molar-refractivity contribution in [2.45, 2.75) is 38.5 Å². The summed E-state index contributed by atoms with van der Waals surface area (Å²) in [4.78, 5) is 12.6. The molecule has 8 heteroatoms. The molecule has 168 valence electrons. The van der Waals surface area contributed by atoms with Crippen LogP contribution in [0.5, 0.6) is 5.75 Å². The number of hydrogen-bond donors (Lipinski definition) is 2. The first-order valence-corrected chi connectivity index (χ1v) is 10.8. The normalized spacial score (nSPS) is 21.4. The number of fused-ring (bicyclic) bond motifs is 6. The molecule has 2 aromatic rings. The Morgan fingerprint density at radius 3 is 2.77 bits per heavy atom. The third-order valence-corrected chi connectivity index (χ3v) is 6.47. The van der Waals surface area contributed by atoms with Crippen molar-refractivity contribution in [1.82, 2.24) is 4.57 Å². The van der Waals surface area contributed by atoms with E-state index in [1.165, 1.54) is 6.07 Å². The number of aliphatic hydroxyl groups excluding tert-OH is 1. The minimum Gasteiger partial charge on any atom is -0.492 e. The maximum atomic E-state index is 12.6. The van der Waals surface area contributed by atoms with Crippen molar-refractivity contribution in [3.8, 4) is 17.0 Å². The van der Waals surface area contributed by atoms with Gasteiger partial charge in [0.15, 0.2) is 11.7 Å². The van der Waals surface area contributed by atoms with Crippen LogP contribution in [0.2, 0.25) is 5.02 Å². The average Bonchev–Trinajstić information content (AvgIpc) is 2.71. The van der Waals surface area contributed by atoms with Crippen LogP contribution in [0.1, 0.15) is 49.6 Å². The van der Waals surface area contributed by atoms with Crippen LogP contribution in [0, 0.1) is 5.41 Å². The Morgan fingerprint density at radius 2 is 2.06 bits per heavy atom. The maximum Gasteiger partial charge on any atom is 0.190 e. The highest BCUT2D eigenvalue weighted by Gasteiger charge is 2.46. The zero-order valence-electron chi connectivity index (χ0n) is 17.9. The van der Waals surface area contributed by atoms with Gasteiger partial charge in [-0.1, -0.05) is 25.4 Å². The van der Waals surface area contributed by atoms with Crippen molar-refractivity contribution in [2.24, 2.45) is 5.41 Å². The van der Waals surface area contributed by atoms with Crippen LogP contribution in [0.4, 0.5) is 0 Å². The molecule has 7 nitrogen and oxygen atoms in total. The first kappa shape index (κ1) is 22.3. The molecule has 2 aliphatic heterocycles. The van der Waals surface area contributed by atoms with Crippen LogP contribution in [-0.4, -0.2) is 48.3 Å². The smallest absolute Gasteiger partial charge is 0.190 e. The zero-order chi connectivity index (χ0) is 22.3. The standard InChI is InChI=1S/C23H28ClNO6/c1-23(2)12-30-11-16-13-8-20(31-6-4-5-29-3)17(24)7-14(13)18-9-19(26)15(22(27)28)10-25(18)21(16)23/h7-10,16,21-22,27-28H,4-6,11-12H2,1-3H3. The molecule has 2 unspecified atom stereocenters. The molecule has 1 aromatic heterocycles. The van der Waals surface area contributed by atoms with E-state index in [1.807, 2.05) is 16.7 Å². The van der Waals surface area contributed by atoms with Crippen LogP contribution in [0.25, 0.3) is 11.3 Å². The molecule has 2 atom stereocenters. The fraction of sp³-hybridized carbons (Fsp3) is 0.522. The van der Waals surface area contributed by atoms with Gasteiger partial charge >= 0.3 is 0 Å². The number of ether oxygens (including phenoxy) is 3. The number of pyridine rings is 1. The highest BCUT2D eigenvalue weighted by atomic mass is 35.5. The molecule has 3 heterocycles. The first-order chi connectivity index (χ1) is 14.7. The van der Waals surface area contributed by atoms with E-state index in [0.717, 1.165) is 17.5 Å². The van der Waals surface area contributed by atoms with E-state index < -0.39 is 11.7 Å². The van der Waals surface area contributed by atoms with E-state index in [9.17, 15) is 15.0 Å². The minimum absolute atomic E-state index is 0.00368. The SMILES string of the molecule is COCCCOc1cc2c(cc1Cl)-c1cc(=O)c(C(O)O)cn1C1C2COCC1(C)C. The summed E-state index contributed by atoms with van der Waals surface area (Å²) in [5.41, 5.74) is 1.83. The first-order valence-electron chi connectivity index (χ1n) is 10.4. The second-order valence-corrected chi connectivity index (χ2v) is 9.29. The number of benzene rings is 1. The van der Waals surface area contributed by atoms with Gasteiger partial charge in [-0.25, -0.2) is 0 Å². The number of aliphatic hydroxyl groups is 2. The van der Waals surface area contributed by atoms with E-state index in [4.69, 9.17) is 25.8 Å². The summed E-state index contributed by atoms with van der Waals surface area (Å²) in [7, 11) is 1.65. The van der Waals surface area contributed by atoms with E-state index >= 15 is 0 Å². The quantitative estimate of drug-likeness (QED) is 0.519. The van der Waals surface area contributed by atoms with Crippen LogP contribution < -0.4 is 10.2 Å². The van der Waals surface area contributed by atoms with E-state index in [2.05, 4.69) is 13.8 Å². The van der Waals surface area contributed by atoms with Crippen molar-refractivity contribution < 1.29 is 24.4 Å². The lowest BCUT2D eigenvalue weighted by Gasteiger charge is -2.49. The molecule has 0 saturated carbocycles. The molecular formula is C23H28ClNO6. The van der Waals surface area contributed by atoms with Gasteiger partial charge in [0.2, 0.25) is 0 Å². The Morgan fingerprint density at radius 1 is 1.29 bits per heavy atom. The molecule has 1 fully saturated rings. The number of nitrogens with zero attached hydrogens (tertiary/aromatic N) is 1. The maximum absolute atomic E-state index is 12.6. The van der Waals surface area contributed by atoms with Gasteiger partial charge in [-0.05, 0) is 17.7 Å². The van der Waals surface area contributed by atoms with Gasteiger partial charge < -0.3 is 29.0 Å². The molecular weight excluding hydrogens is 422 g/mol. The molecule has 31 heavy (non-hydrogen) atoms. The summed E-state index contributed by atoms with van der Waals surface area (Å²) >= 11 is 6.54. The second-order valence-electron chi connectivity index (χ2n) is 8.88. The summed E-state index contributed by atoms with van der Waals surface area (Å²) in [6, 6.07) is 5.20. The van der Waals surface area contributed by atoms with Crippen molar-refractivity contribution in [3.05, 3.63) is 50.8 Å². The van der Waals surface area contributed by atoms with Gasteiger partial charge in [-0.3, -0.25) is 4.79 Å². The van der Waals surface area contributed by atoms with E-state index in [1.54, 1.807) is 13.3 Å². The molecule has 0 radical (unpaired) electrons. The summed E-state index contributed by atoms with van der Waals surface area (Å²) in [6.45, 7) is 6.38. The Hall–Kier alpha value is -1.90. The predicted molar refractivity (Wildman–Crippen MR) is 117 cm³/mol. The lowest BCUT2D eigenvalue weighted by atomic mass is 9.70. The number of methoxy groups -OCH3 is 1. The minimum atomic E-state index is -1.83. The highest BCUT2D eigenvalue weighted by molar-refractivity contribution is 6.32. The predicted octanol–water partition coefficient (Wildman–Crippen LogP) is 3.26. The Balaban J connectivity index is 1.87. The Kier molecular flexibility index (Phi) is 6.16. The number of hydrogen-bond acceptors (Lipinski definition) is 6. The van der Waals surface area contributed by atoms with Gasteiger partial charge in [0, 0.05) is 49.3 Å². The average molecular weight is 450 g/mol. The van der Waals surface area contributed by atoms with Gasteiger partial charge in [-0.2, -0.15) is 0 Å². The lowest BCUT2D eigenvalue weighted by molar-refractivity contribution is -0.0494. The molecule has 0 amide bonds. The van der Waals surface area contributed by atoms with Crippen molar-refractivity contribution >= 4 is 11.6 Å². The van der Waals surface area contributed by atoms with Crippen LogP contribution in [0.3, 0.4) is 0 Å². The van der Waals surface area contributed by atoms with Crippen molar-refractivity contribution in [1.29, 1.82) is 0 Å². The van der Waals surface area contributed by atoms with Gasteiger partial charge in [0.25, 0.3) is 0 Å². The number of aromatic nitrogens is 1. The Bertz CT molecular complexity index is 1030. The van der Waals surface area contributed by atoms with Crippen molar-refractivity contribution in [3.63, 3.8) is 0 Å². The highest BCUT2D eigenvalue weighted by Crippen LogP contribution is 2.53.